The minimum absolute atomic E-state index is 0.0125. The molecule has 1 N–H and O–H groups in total. The van der Waals surface area contributed by atoms with E-state index in [1.807, 2.05) is 6.07 Å². The molecule has 1 aromatic rings. The molecule has 2 rings (SSSR count). The Labute approximate surface area is 126 Å². The van der Waals surface area contributed by atoms with Gasteiger partial charge >= 0.3 is 0 Å². The van der Waals surface area contributed by atoms with Crippen molar-refractivity contribution in [3.05, 3.63) is 28.2 Å². The van der Waals surface area contributed by atoms with Crippen LogP contribution in [-0.4, -0.2) is 44.0 Å². The van der Waals surface area contributed by atoms with Crippen LogP contribution in [0.5, 0.6) is 5.75 Å². The first-order valence-electron chi connectivity index (χ1n) is 6.41. The molecule has 0 aromatic heterocycles. The number of hydrogen-bond acceptors (Lipinski definition) is 3. The van der Waals surface area contributed by atoms with Crippen molar-refractivity contribution >= 4 is 27.7 Å². The molecule has 1 fully saturated rings. The van der Waals surface area contributed by atoms with Gasteiger partial charge in [-0.3, -0.25) is 9.59 Å². The van der Waals surface area contributed by atoms with Crippen LogP contribution in [-0.2, 0) is 4.79 Å². The van der Waals surface area contributed by atoms with Crippen LogP contribution in [0.15, 0.2) is 22.7 Å². The summed E-state index contributed by atoms with van der Waals surface area (Å²) >= 11 is 3.37. The quantitative estimate of drug-likeness (QED) is 0.910. The van der Waals surface area contributed by atoms with E-state index < -0.39 is 0 Å². The number of benzene rings is 1. The molecule has 0 bridgehead atoms. The van der Waals surface area contributed by atoms with Crippen molar-refractivity contribution in [2.24, 2.45) is 5.92 Å². The van der Waals surface area contributed by atoms with Crippen LogP contribution >= 0.6 is 15.9 Å². The van der Waals surface area contributed by atoms with Gasteiger partial charge in [-0.05, 0) is 34.5 Å². The summed E-state index contributed by atoms with van der Waals surface area (Å²) in [6.45, 7) is 1.04. The molecule has 1 aliphatic heterocycles. The van der Waals surface area contributed by atoms with E-state index in [0.717, 1.165) is 4.47 Å². The Bertz CT molecular complexity index is 533. The highest BCUT2D eigenvalue weighted by atomic mass is 79.9. The Morgan fingerprint density at radius 1 is 1.45 bits per heavy atom. The Hall–Kier alpha value is -1.56. The van der Waals surface area contributed by atoms with Crippen molar-refractivity contribution in [3.8, 4) is 5.75 Å². The van der Waals surface area contributed by atoms with Gasteiger partial charge in [0, 0.05) is 20.1 Å². The number of hydrogen-bond donors (Lipinski definition) is 1. The van der Waals surface area contributed by atoms with Crippen molar-refractivity contribution < 1.29 is 14.3 Å². The topological polar surface area (TPSA) is 58.6 Å². The van der Waals surface area contributed by atoms with Crippen LogP contribution in [0.25, 0.3) is 0 Å². The fourth-order valence-electron chi connectivity index (χ4n) is 2.42. The minimum atomic E-state index is -0.123. The number of para-hydroxylation sites is 1. The number of methoxy groups -OCH3 is 1. The Balaban J connectivity index is 2.17. The van der Waals surface area contributed by atoms with Crippen molar-refractivity contribution in [3.63, 3.8) is 0 Å². The monoisotopic (exact) mass is 340 g/mol. The zero-order chi connectivity index (χ0) is 14.7. The largest absolute Gasteiger partial charge is 0.495 e. The van der Waals surface area contributed by atoms with Gasteiger partial charge in [-0.25, -0.2) is 0 Å². The van der Waals surface area contributed by atoms with Gasteiger partial charge in [-0.15, -0.1) is 0 Å². The van der Waals surface area contributed by atoms with E-state index in [0.29, 0.717) is 30.8 Å². The van der Waals surface area contributed by atoms with E-state index >= 15 is 0 Å². The zero-order valence-electron chi connectivity index (χ0n) is 11.5. The zero-order valence-corrected chi connectivity index (χ0v) is 13.1. The number of carbonyl (C=O) groups excluding carboxylic acids is 2. The molecule has 1 aliphatic rings. The highest BCUT2D eigenvalue weighted by Gasteiger charge is 2.32. The van der Waals surface area contributed by atoms with E-state index in [-0.39, 0.29) is 17.7 Å². The molecule has 1 aromatic carbocycles. The van der Waals surface area contributed by atoms with Gasteiger partial charge in [0.25, 0.3) is 5.91 Å². The molecule has 1 heterocycles. The van der Waals surface area contributed by atoms with E-state index in [1.165, 1.54) is 7.11 Å². The average Bonchev–Trinajstić information content (AvgIpc) is 2.95. The third-order valence-electron chi connectivity index (χ3n) is 3.49. The van der Waals surface area contributed by atoms with Gasteiger partial charge in [0.15, 0.2) is 0 Å². The summed E-state index contributed by atoms with van der Waals surface area (Å²) in [6, 6.07) is 5.36. The molecule has 0 radical (unpaired) electrons. The second kappa shape index (κ2) is 6.26. The molecule has 0 aliphatic carbocycles. The summed E-state index contributed by atoms with van der Waals surface area (Å²) in [5, 5.41) is 2.63. The molecule has 1 saturated heterocycles. The van der Waals surface area contributed by atoms with E-state index in [2.05, 4.69) is 21.2 Å². The Morgan fingerprint density at radius 3 is 2.85 bits per heavy atom. The van der Waals surface area contributed by atoms with Gasteiger partial charge < -0.3 is 15.0 Å². The third kappa shape index (κ3) is 2.80. The van der Waals surface area contributed by atoms with Crippen molar-refractivity contribution in [1.82, 2.24) is 10.2 Å². The number of halogens is 1. The van der Waals surface area contributed by atoms with Crippen LogP contribution in [0, 0.1) is 5.92 Å². The van der Waals surface area contributed by atoms with Crippen LogP contribution in [0.4, 0.5) is 0 Å². The van der Waals surface area contributed by atoms with Gasteiger partial charge in [0.05, 0.1) is 23.1 Å². The van der Waals surface area contributed by atoms with Crippen molar-refractivity contribution in [2.75, 3.05) is 27.2 Å². The van der Waals surface area contributed by atoms with E-state index in [4.69, 9.17) is 4.74 Å². The third-order valence-corrected chi connectivity index (χ3v) is 4.12. The molecular formula is C14H17BrN2O3. The molecule has 108 valence electrons. The SMILES string of the molecule is CNC(=O)C1CCN(C(=O)c2cccc(Br)c2OC)C1. The first-order chi connectivity index (χ1) is 9.58. The molecule has 20 heavy (non-hydrogen) atoms. The van der Waals surface area contributed by atoms with E-state index in [1.54, 1.807) is 24.1 Å². The molecule has 1 atom stereocenters. The number of carbonyl (C=O) groups is 2. The van der Waals surface area contributed by atoms with Crippen molar-refractivity contribution in [2.45, 2.75) is 6.42 Å². The number of rotatable bonds is 3. The lowest BCUT2D eigenvalue weighted by atomic mass is 10.1. The number of nitrogens with zero attached hydrogens (tertiary/aromatic N) is 1. The number of likely N-dealkylation sites (tertiary alicyclic amines) is 1. The fourth-order valence-corrected chi connectivity index (χ4v) is 2.95. The normalized spacial score (nSPS) is 17.9. The molecule has 2 amide bonds. The highest BCUT2D eigenvalue weighted by molar-refractivity contribution is 9.10. The van der Waals surface area contributed by atoms with Crippen LogP contribution < -0.4 is 10.1 Å². The maximum atomic E-state index is 12.5. The molecular weight excluding hydrogens is 324 g/mol. The summed E-state index contributed by atoms with van der Waals surface area (Å²) in [6.07, 6.45) is 0.696. The number of ether oxygens (including phenoxy) is 1. The standard InChI is InChI=1S/C14H17BrN2O3/c1-16-13(18)9-6-7-17(8-9)14(19)10-4-3-5-11(15)12(10)20-2/h3-5,9H,6-8H2,1-2H3,(H,16,18). The fraction of sp³-hybridized carbons (Fsp3) is 0.429. The van der Waals surface area contributed by atoms with Gasteiger partial charge in [0.1, 0.15) is 5.75 Å². The van der Waals surface area contributed by atoms with Crippen LogP contribution in [0.2, 0.25) is 0 Å². The summed E-state index contributed by atoms with van der Waals surface area (Å²) in [7, 11) is 3.15. The summed E-state index contributed by atoms with van der Waals surface area (Å²) in [4.78, 5) is 25.8. The summed E-state index contributed by atoms with van der Waals surface area (Å²) < 4.78 is 6.02. The predicted octanol–water partition coefficient (Wildman–Crippen LogP) is 1.67. The second-order valence-corrected chi connectivity index (χ2v) is 5.53. The van der Waals surface area contributed by atoms with Crippen molar-refractivity contribution in [1.29, 1.82) is 0 Å². The molecule has 0 saturated carbocycles. The van der Waals surface area contributed by atoms with Crippen LogP contribution in [0.1, 0.15) is 16.8 Å². The lowest BCUT2D eigenvalue weighted by molar-refractivity contribution is -0.124. The number of nitrogens with one attached hydrogen (secondary N) is 1. The smallest absolute Gasteiger partial charge is 0.257 e. The predicted molar refractivity (Wildman–Crippen MR) is 78.8 cm³/mol. The molecule has 6 heteroatoms. The van der Waals surface area contributed by atoms with Crippen LogP contribution in [0.3, 0.4) is 0 Å². The molecule has 0 spiro atoms. The first-order valence-corrected chi connectivity index (χ1v) is 7.21. The lowest BCUT2D eigenvalue weighted by Gasteiger charge is -2.18. The Kier molecular flexibility index (Phi) is 4.65. The van der Waals surface area contributed by atoms with Gasteiger partial charge in [0.2, 0.25) is 5.91 Å². The summed E-state index contributed by atoms with van der Waals surface area (Å²) in [5.41, 5.74) is 0.513. The minimum Gasteiger partial charge on any atom is -0.495 e. The van der Waals surface area contributed by atoms with Gasteiger partial charge in [-0.2, -0.15) is 0 Å². The second-order valence-electron chi connectivity index (χ2n) is 4.67. The average molecular weight is 341 g/mol. The Morgan fingerprint density at radius 2 is 2.20 bits per heavy atom. The highest BCUT2D eigenvalue weighted by Crippen LogP contribution is 2.30. The first kappa shape index (κ1) is 14.8. The maximum Gasteiger partial charge on any atom is 0.257 e. The van der Waals surface area contributed by atoms with E-state index in [9.17, 15) is 9.59 Å². The maximum absolute atomic E-state index is 12.5. The molecule has 5 nitrogen and oxygen atoms in total. The number of amides is 2. The van der Waals surface area contributed by atoms with Gasteiger partial charge in [-0.1, -0.05) is 6.07 Å². The summed E-state index contributed by atoms with van der Waals surface area (Å²) in [5.74, 6) is 0.291. The molecule has 1 unspecified atom stereocenters. The lowest BCUT2D eigenvalue weighted by Crippen LogP contribution is -2.33.